The lowest BCUT2D eigenvalue weighted by atomic mass is 10.3. The van der Waals surface area contributed by atoms with Crippen LogP contribution in [-0.4, -0.2) is 48.9 Å². The molecule has 8 nitrogen and oxygen atoms in total. The molecule has 3 aromatic rings. The number of hydrogen-bond donors (Lipinski definition) is 1. The topological polar surface area (TPSA) is 93.5 Å². The summed E-state index contributed by atoms with van der Waals surface area (Å²) in [5, 5.41) is 2.79. The highest BCUT2D eigenvalue weighted by Crippen LogP contribution is 2.29. The molecule has 0 fully saturated rings. The van der Waals surface area contributed by atoms with E-state index < -0.39 is 10.0 Å². The van der Waals surface area contributed by atoms with Gasteiger partial charge in [-0.05, 0) is 37.3 Å². The van der Waals surface area contributed by atoms with Gasteiger partial charge in [0.05, 0.1) is 17.6 Å². The number of fused-ring (bicyclic) bond motifs is 1. The summed E-state index contributed by atoms with van der Waals surface area (Å²) in [6, 6.07) is 12.3. The Bertz CT molecular complexity index is 1170. The van der Waals surface area contributed by atoms with Crippen LogP contribution in [0.1, 0.15) is 19.7 Å². The van der Waals surface area contributed by atoms with Crippen molar-refractivity contribution in [2.24, 2.45) is 0 Å². The molecule has 1 amide bonds. The molecule has 1 N–H and O–H groups in total. The number of carbonyl (C=O) groups excluding carboxylic acids is 1. The lowest BCUT2D eigenvalue weighted by Crippen LogP contribution is -2.24. The average molecular weight is 431 g/mol. The fourth-order valence-electron chi connectivity index (χ4n) is 3.17. The molecular formula is C21H26N4O4S. The zero-order chi connectivity index (χ0) is 21.9. The molecule has 0 radical (unpaired) electrons. The maximum atomic E-state index is 12.7. The first-order valence-electron chi connectivity index (χ1n) is 9.71. The third-order valence-electron chi connectivity index (χ3n) is 4.64. The van der Waals surface area contributed by atoms with Crippen molar-refractivity contribution in [2.75, 3.05) is 26.0 Å². The fraction of sp³-hybridized carbons (Fsp3) is 0.333. The van der Waals surface area contributed by atoms with Crippen LogP contribution in [0.5, 0.6) is 5.75 Å². The maximum absolute atomic E-state index is 12.7. The minimum absolute atomic E-state index is 0.00878. The molecule has 30 heavy (non-hydrogen) atoms. The smallest absolute Gasteiger partial charge is 0.246 e. The van der Waals surface area contributed by atoms with Gasteiger partial charge in [0.15, 0.2) is 0 Å². The number of sulfonamides is 1. The van der Waals surface area contributed by atoms with E-state index in [9.17, 15) is 13.2 Å². The Morgan fingerprint density at radius 3 is 2.57 bits per heavy atom. The summed E-state index contributed by atoms with van der Waals surface area (Å²) in [4.78, 5) is 17.3. The van der Waals surface area contributed by atoms with Gasteiger partial charge >= 0.3 is 0 Å². The van der Waals surface area contributed by atoms with Crippen molar-refractivity contribution in [3.8, 4) is 5.75 Å². The number of ether oxygens (including phenoxy) is 1. The second-order valence-corrected chi connectivity index (χ2v) is 9.01. The highest BCUT2D eigenvalue weighted by atomic mass is 32.2. The van der Waals surface area contributed by atoms with Crippen LogP contribution in [-0.2, 0) is 27.8 Å². The Hall–Kier alpha value is -2.91. The van der Waals surface area contributed by atoms with Gasteiger partial charge in [0, 0.05) is 26.2 Å². The number of aromatic nitrogens is 2. The molecule has 9 heteroatoms. The van der Waals surface area contributed by atoms with Gasteiger partial charge < -0.3 is 14.6 Å². The van der Waals surface area contributed by atoms with Crippen LogP contribution in [0.2, 0.25) is 0 Å². The summed E-state index contributed by atoms with van der Waals surface area (Å²) in [6.07, 6.45) is 0.691. The van der Waals surface area contributed by atoms with Crippen molar-refractivity contribution in [1.82, 2.24) is 13.9 Å². The van der Waals surface area contributed by atoms with Crippen LogP contribution in [0.3, 0.4) is 0 Å². The third kappa shape index (κ3) is 4.31. The van der Waals surface area contributed by atoms with Crippen LogP contribution >= 0.6 is 0 Å². The number of benzene rings is 2. The number of nitrogens with zero attached hydrogens (tertiary/aromatic N) is 3. The summed E-state index contributed by atoms with van der Waals surface area (Å²) in [5.41, 5.74) is 2.10. The minimum Gasteiger partial charge on any atom is -0.492 e. The van der Waals surface area contributed by atoms with Gasteiger partial charge in [-0.3, -0.25) is 4.79 Å². The first-order chi connectivity index (χ1) is 14.3. The molecule has 2 aromatic carbocycles. The van der Waals surface area contributed by atoms with Crippen LogP contribution < -0.4 is 10.1 Å². The van der Waals surface area contributed by atoms with Crippen LogP contribution in [0.15, 0.2) is 47.4 Å². The van der Waals surface area contributed by atoms with E-state index in [1.54, 1.807) is 19.1 Å². The van der Waals surface area contributed by atoms with E-state index in [-0.39, 0.29) is 23.1 Å². The second-order valence-electron chi connectivity index (χ2n) is 6.89. The molecule has 3 rings (SSSR count). The number of hydrogen-bond acceptors (Lipinski definition) is 5. The van der Waals surface area contributed by atoms with E-state index in [4.69, 9.17) is 4.74 Å². The molecule has 1 heterocycles. The molecule has 0 spiro atoms. The van der Waals surface area contributed by atoms with Gasteiger partial charge in [-0.15, -0.1) is 0 Å². The number of nitrogens with one attached hydrogen (secondary N) is 1. The largest absolute Gasteiger partial charge is 0.492 e. The van der Waals surface area contributed by atoms with E-state index >= 15 is 0 Å². The van der Waals surface area contributed by atoms with Gasteiger partial charge in [0.1, 0.15) is 23.0 Å². The average Bonchev–Trinajstić information content (AvgIpc) is 3.06. The lowest BCUT2D eigenvalue weighted by molar-refractivity contribution is -0.116. The molecule has 0 atom stereocenters. The monoisotopic (exact) mass is 430 g/mol. The molecular weight excluding hydrogens is 404 g/mol. The van der Waals surface area contributed by atoms with Crippen molar-refractivity contribution >= 4 is 32.7 Å². The zero-order valence-electron chi connectivity index (χ0n) is 17.5. The molecule has 0 unspecified atom stereocenters. The highest BCUT2D eigenvalue weighted by molar-refractivity contribution is 7.89. The summed E-state index contributed by atoms with van der Waals surface area (Å²) >= 11 is 0. The predicted octanol–water partition coefficient (Wildman–Crippen LogP) is 2.89. The van der Waals surface area contributed by atoms with E-state index in [0.717, 1.165) is 21.2 Å². The Morgan fingerprint density at radius 2 is 1.90 bits per heavy atom. The SMILES string of the molecule is CCOc1ccc(NC(=O)Cn2c(CC)nc3ccccc32)cc1S(=O)(=O)N(C)C. The quantitative estimate of drug-likeness (QED) is 0.593. The van der Waals surface area contributed by atoms with Crippen molar-refractivity contribution < 1.29 is 17.9 Å². The Balaban J connectivity index is 1.89. The number of imidazole rings is 1. The van der Waals surface area contributed by atoms with E-state index in [1.165, 1.54) is 20.2 Å². The summed E-state index contributed by atoms with van der Waals surface area (Å²) in [5.74, 6) is 0.789. The van der Waals surface area contributed by atoms with E-state index in [2.05, 4.69) is 10.3 Å². The number of aryl methyl sites for hydroxylation is 1. The van der Waals surface area contributed by atoms with E-state index in [1.807, 2.05) is 35.8 Å². The number of carbonyl (C=O) groups is 1. The van der Waals surface area contributed by atoms with Crippen LogP contribution in [0, 0.1) is 0 Å². The zero-order valence-corrected chi connectivity index (χ0v) is 18.4. The number of para-hydroxylation sites is 2. The molecule has 160 valence electrons. The van der Waals surface area contributed by atoms with Crippen molar-refractivity contribution in [3.63, 3.8) is 0 Å². The first-order valence-corrected chi connectivity index (χ1v) is 11.1. The highest BCUT2D eigenvalue weighted by Gasteiger charge is 2.23. The number of amides is 1. The van der Waals surface area contributed by atoms with E-state index in [0.29, 0.717) is 18.7 Å². The molecule has 0 bridgehead atoms. The van der Waals surface area contributed by atoms with Gasteiger partial charge in [-0.1, -0.05) is 19.1 Å². The first kappa shape index (κ1) is 21.8. The Kier molecular flexibility index (Phi) is 6.42. The fourth-order valence-corrected chi connectivity index (χ4v) is 4.23. The Labute approximate surface area is 176 Å². The maximum Gasteiger partial charge on any atom is 0.246 e. The standard InChI is InChI=1S/C21H26N4O4S/c1-5-20-23-16-9-7-8-10-17(16)25(20)14-21(26)22-15-11-12-18(29-6-2)19(13-15)30(27,28)24(3)4/h7-13H,5-6,14H2,1-4H3,(H,22,26). The summed E-state index contributed by atoms with van der Waals surface area (Å²) in [6.45, 7) is 4.17. The van der Waals surface area contributed by atoms with Gasteiger partial charge in [-0.2, -0.15) is 0 Å². The molecule has 0 saturated carbocycles. The minimum atomic E-state index is -3.74. The molecule has 0 saturated heterocycles. The second kappa shape index (κ2) is 8.85. The predicted molar refractivity (Wildman–Crippen MR) is 116 cm³/mol. The number of rotatable bonds is 8. The van der Waals surface area contributed by atoms with Gasteiger partial charge in [0.25, 0.3) is 0 Å². The third-order valence-corrected chi connectivity index (χ3v) is 6.47. The Morgan fingerprint density at radius 1 is 1.17 bits per heavy atom. The van der Waals surface area contributed by atoms with Crippen molar-refractivity contribution in [3.05, 3.63) is 48.3 Å². The van der Waals surface area contributed by atoms with Gasteiger partial charge in [0.2, 0.25) is 15.9 Å². The molecule has 1 aromatic heterocycles. The summed E-state index contributed by atoms with van der Waals surface area (Å²) < 4.78 is 33.8. The number of anilines is 1. The van der Waals surface area contributed by atoms with Crippen molar-refractivity contribution in [2.45, 2.75) is 31.7 Å². The summed E-state index contributed by atoms with van der Waals surface area (Å²) in [7, 11) is -0.833. The lowest BCUT2D eigenvalue weighted by Gasteiger charge is -2.17. The molecule has 0 aliphatic carbocycles. The molecule has 0 aliphatic heterocycles. The normalized spacial score (nSPS) is 11.8. The van der Waals surface area contributed by atoms with Crippen LogP contribution in [0.4, 0.5) is 5.69 Å². The van der Waals surface area contributed by atoms with Gasteiger partial charge in [-0.25, -0.2) is 17.7 Å². The van der Waals surface area contributed by atoms with Crippen molar-refractivity contribution in [1.29, 1.82) is 0 Å². The molecule has 0 aliphatic rings. The van der Waals surface area contributed by atoms with Crippen LogP contribution in [0.25, 0.3) is 11.0 Å².